The van der Waals surface area contributed by atoms with Crippen LogP contribution in [0.4, 0.5) is 10.5 Å². The number of para-hydroxylation sites is 2. The highest BCUT2D eigenvalue weighted by Crippen LogP contribution is 2.31. The Morgan fingerprint density at radius 1 is 1.07 bits per heavy atom. The summed E-state index contributed by atoms with van der Waals surface area (Å²) >= 11 is 0. The van der Waals surface area contributed by atoms with E-state index in [1.54, 1.807) is 12.0 Å². The number of hydrogen-bond acceptors (Lipinski definition) is 5. The van der Waals surface area contributed by atoms with Crippen molar-refractivity contribution < 1.29 is 19.1 Å². The molecule has 2 aromatic rings. The normalized spacial score (nSPS) is 20.2. The van der Waals surface area contributed by atoms with Crippen LogP contribution in [0.3, 0.4) is 0 Å². The molecule has 0 aliphatic carbocycles. The maximum atomic E-state index is 12.6. The first kappa shape index (κ1) is 20.4. The van der Waals surface area contributed by atoms with E-state index in [2.05, 4.69) is 4.90 Å². The van der Waals surface area contributed by atoms with Crippen molar-refractivity contribution in [2.75, 3.05) is 38.2 Å². The third kappa shape index (κ3) is 4.49. The monoisotopic (exact) mass is 408 g/mol. The highest BCUT2D eigenvalue weighted by atomic mass is 16.6. The Morgan fingerprint density at radius 3 is 2.50 bits per heavy atom. The fourth-order valence-electron chi connectivity index (χ4n) is 4.30. The maximum absolute atomic E-state index is 12.6. The van der Waals surface area contributed by atoms with E-state index in [0.717, 1.165) is 50.1 Å². The van der Waals surface area contributed by atoms with Gasteiger partial charge in [0.15, 0.2) is 5.78 Å². The summed E-state index contributed by atoms with van der Waals surface area (Å²) in [5.41, 5.74) is 1.55. The third-order valence-electron chi connectivity index (χ3n) is 6.03. The first-order valence-corrected chi connectivity index (χ1v) is 10.6. The SMILES string of the molecule is COc1ccccc1N1CC(CCN2CCC(C(=O)c3ccccc3)CC2)OC1=O. The average molecular weight is 408 g/mol. The largest absolute Gasteiger partial charge is 0.495 e. The third-order valence-corrected chi connectivity index (χ3v) is 6.03. The number of ketones is 1. The first-order valence-electron chi connectivity index (χ1n) is 10.6. The van der Waals surface area contributed by atoms with Crippen molar-refractivity contribution in [3.63, 3.8) is 0 Å². The van der Waals surface area contributed by atoms with Crippen LogP contribution in [0.5, 0.6) is 5.75 Å². The summed E-state index contributed by atoms with van der Waals surface area (Å²) in [5, 5.41) is 0. The minimum Gasteiger partial charge on any atom is -0.495 e. The molecule has 6 nitrogen and oxygen atoms in total. The van der Waals surface area contributed by atoms with Gasteiger partial charge < -0.3 is 14.4 Å². The molecular weight excluding hydrogens is 380 g/mol. The Morgan fingerprint density at radius 2 is 1.77 bits per heavy atom. The van der Waals surface area contributed by atoms with Gasteiger partial charge in [-0.25, -0.2) is 4.79 Å². The molecule has 0 aromatic heterocycles. The lowest BCUT2D eigenvalue weighted by atomic mass is 9.89. The molecule has 1 atom stereocenters. The quantitative estimate of drug-likeness (QED) is 0.648. The van der Waals surface area contributed by atoms with E-state index in [4.69, 9.17) is 9.47 Å². The van der Waals surface area contributed by atoms with E-state index in [0.29, 0.717) is 12.3 Å². The van der Waals surface area contributed by atoms with Crippen LogP contribution in [-0.4, -0.2) is 56.2 Å². The average Bonchev–Trinajstić information content (AvgIpc) is 3.18. The molecule has 2 saturated heterocycles. The van der Waals surface area contributed by atoms with E-state index in [9.17, 15) is 9.59 Å². The van der Waals surface area contributed by atoms with Gasteiger partial charge in [-0.3, -0.25) is 9.69 Å². The van der Waals surface area contributed by atoms with Crippen LogP contribution < -0.4 is 9.64 Å². The zero-order valence-corrected chi connectivity index (χ0v) is 17.3. The first-order chi connectivity index (χ1) is 14.7. The minimum absolute atomic E-state index is 0.106. The second-order valence-electron chi connectivity index (χ2n) is 7.92. The number of carbonyl (C=O) groups is 2. The van der Waals surface area contributed by atoms with Crippen molar-refractivity contribution in [2.24, 2.45) is 5.92 Å². The summed E-state index contributed by atoms with van der Waals surface area (Å²) in [6.07, 6.45) is 2.09. The highest BCUT2D eigenvalue weighted by Gasteiger charge is 2.34. The number of nitrogens with zero attached hydrogens (tertiary/aromatic N) is 2. The fourth-order valence-corrected chi connectivity index (χ4v) is 4.30. The van der Waals surface area contributed by atoms with Crippen molar-refractivity contribution >= 4 is 17.6 Å². The molecule has 30 heavy (non-hydrogen) atoms. The number of hydrogen-bond donors (Lipinski definition) is 0. The predicted molar refractivity (Wildman–Crippen MR) is 115 cm³/mol. The van der Waals surface area contributed by atoms with Crippen LogP contribution in [0, 0.1) is 5.92 Å². The molecule has 0 saturated carbocycles. The maximum Gasteiger partial charge on any atom is 0.414 e. The predicted octanol–water partition coefficient (Wildman–Crippen LogP) is 4.01. The van der Waals surface area contributed by atoms with E-state index in [1.165, 1.54) is 0 Å². The fraction of sp³-hybridized carbons (Fsp3) is 0.417. The number of rotatable bonds is 7. The van der Waals surface area contributed by atoms with Gasteiger partial charge in [0, 0.05) is 18.0 Å². The van der Waals surface area contributed by atoms with Crippen LogP contribution in [0.1, 0.15) is 29.6 Å². The molecule has 6 heteroatoms. The number of anilines is 1. The van der Waals surface area contributed by atoms with E-state index >= 15 is 0 Å². The van der Waals surface area contributed by atoms with Gasteiger partial charge in [-0.2, -0.15) is 0 Å². The molecular formula is C24H28N2O4. The van der Waals surface area contributed by atoms with Gasteiger partial charge in [0.1, 0.15) is 11.9 Å². The van der Waals surface area contributed by atoms with Gasteiger partial charge in [0.05, 0.1) is 19.3 Å². The summed E-state index contributed by atoms with van der Waals surface area (Å²) in [6.45, 7) is 3.20. The highest BCUT2D eigenvalue weighted by molar-refractivity contribution is 5.97. The number of ether oxygens (including phenoxy) is 2. The molecule has 2 aliphatic rings. The molecule has 0 radical (unpaired) electrons. The number of methoxy groups -OCH3 is 1. The number of likely N-dealkylation sites (tertiary alicyclic amines) is 1. The number of benzene rings is 2. The van der Waals surface area contributed by atoms with E-state index in [1.807, 2.05) is 54.6 Å². The van der Waals surface area contributed by atoms with Crippen LogP contribution in [0.2, 0.25) is 0 Å². The number of Topliss-reactive ketones (excluding diaryl/α,β-unsaturated/α-hetero) is 1. The van der Waals surface area contributed by atoms with Gasteiger partial charge in [0.25, 0.3) is 0 Å². The summed E-state index contributed by atoms with van der Waals surface area (Å²) in [7, 11) is 1.60. The van der Waals surface area contributed by atoms with Gasteiger partial charge >= 0.3 is 6.09 Å². The summed E-state index contributed by atoms with van der Waals surface area (Å²) in [4.78, 5) is 29.0. The van der Waals surface area contributed by atoms with Gasteiger partial charge in [-0.05, 0) is 44.5 Å². The number of carbonyl (C=O) groups excluding carboxylic acids is 2. The lowest BCUT2D eigenvalue weighted by Crippen LogP contribution is -2.38. The molecule has 0 spiro atoms. The van der Waals surface area contributed by atoms with Gasteiger partial charge in [0.2, 0.25) is 0 Å². The molecule has 4 rings (SSSR count). The van der Waals surface area contributed by atoms with Crippen LogP contribution >= 0.6 is 0 Å². The number of piperidine rings is 1. The standard InChI is InChI=1S/C24H28N2O4/c1-29-22-10-6-5-9-21(22)26-17-20(30-24(26)28)13-16-25-14-11-19(12-15-25)23(27)18-7-3-2-4-8-18/h2-10,19-20H,11-17H2,1H3. The Hall–Kier alpha value is -2.86. The van der Waals surface area contributed by atoms with E-state index in [-0.39, 0.29) is 23.9 Å². The van der Waals surface area contributed by atoms with E-state index < -0.39 is 0 Å². The molecule has 158 valence electrons. The van der Waals surface area contributed by atoms with Crippen LogP contribution in [0.25, 0.3) is 0 Å². The molecule has 2 fully saturated rings. The van der Waals surface area contributed by atoms with Crippen LogP contribution in [0.15, 0.2) is 54.6 Å². The second-order valence-corrected chi connectivity index (χ2v) is 7.92. The molecule has 2 aliphatic heterocycles. The smallest absolute Gasteiger partial charge is 0.414 e. The Kier molecular flexibility index (Phi) is 6.33. The molecule has 0 bridgehead atoms. The lowest BCUT2D eigenvalue weighted by Gasteiger charge is -2.31. The van der Waals surface area contributed by atoms with Crippen molar-refractivity contribution in [1.29, 1.82) is 0 Å². The molecule has 2 heterocycles. The van der Waals surface area contributed by atoms with Gasteiger partial charge in [-0.1, -0.05) is 42.5 Å². The van der Waals surface area contributed by atoms with Crippen molar-refractivity contribution in [1.82, 2.24) is 4.90 Å². The van der Waals surface area contributed by atoms with Crippen molar-refractivity contribution in [2.45, 2.75) is 25.4 Å². The Labute approximate surface area is 177 Å². The molecule has 0 N–H and O–H groups in total. The van der Waals surface area contributed by atoms with Crippen molar-refractivity contribution in [3.8, 4) is 5.75 Å². The topological polar surface area (TPSA) is 59.1 Å². The molecule has 1 amide bonds. The Bertz CT molecular complexity index is 878. The Balaban J connectivity index is 1.25. The second kappa shape index (κ2) is 9.30. The molecule has 1 unspecified atom stereocenters. The number of cyclic esters (lactones) is 1. The summed E-state index contributed by atoms with van der Waals surface area (Å²) in [6, 6.07) is 17.1. The summed E-state index contributed by atoms with van der Waals surface area (Å²) < 4.78 is 11.0. The lowest BCUT2D eigenvalue weighted by molar-refractivity contribution is 0.0815. The summed E-state index contributed by atoms with van der Waals surface area (Å²) in [5.74, 6) is 1.03. The van der Waals surface area contributed by atoms with Crippen molar-refractivity contribution in [3.05, 3.63) is 60.2 Å². The van der Waals surface area contributed by atoms with Crippen LogP contribution in [-0.2, 0) is 4.74 Å². The zero-order valence-electron chi connectivity index (χ0n) is 17.3. The van der Waals surface area contributed by atoms with Gasteiger partial charge in [-0.15, -0.1) is 0 Å². The number of amides is 1. The molecule has 2 aromatic carbocycles. The minimum atomic E-state index is -0.323. The zero-order chi connectivity index (χ0) is 20.9.